The summed E-state index contributed by atoms with van der Waals surface area (Å²) in [6.45, 7) is -1.31. The first-order chi connectivity index (χ1) is 15.5. The highest BCUT2D eigenvalue weighted by atomic mass is 16.7. The first kappa shape index (κ1) is 27.0. The highest BCUT2D eigenvalue weighted by molar-refractivity contribution is 4.97. The Hall–Kier alpha value is -0.600. The van der Waals surface area contributed by atoms with Gasteiger partial charge in [-0.3, -0.25) is 0 Å². The fourth-order valence-corrected chi connectivity index (χ4v) is 4.45. The van der Waals surface area contributed by atoms with Gasteiger partial charge in [0.1, 0.15) is 79.2 Å². The molecule has 15 N–H and O–H groups in total. The number of quaternary nitrogens is 2. The van der Waals surface area contributed by atoms with Crippen molar-refractivity contribution in [3.63, 3.8) is 0 Å². The molecule has 1 aliphatic carbocycles. The van der Waals surface area contributed by atoms with E-state index in [1.165, 1.54) is 0 Å². The van der Waals surface area contributed by atoms with Gasteiger partial charge < -0.3 is 76.4 Å². The summed E-state index contributed by atoms with van der Waals surface area (Å²) in [6, 6.07) is -1.16. The molecule has 0 radical (unpaired) electrons. The Morgan fingerprint density at radius 2 is 0.939 bits per heavy atom. The minimum absolute atomic E-state index is 0.251. The predicted molar refractivity (Wildman–Crippen MR) is 101 cm³/mol. The number of aliphatic hydroxyl groups is 9. The molecular weight excluding hydrogens is 452 g/mol. The molecule has 33 heavy (non-hydrogen) atoms. The molecular formula is C18H36N2O13+2. The molecule has 2 heterocycles. The summed E-state index contributed by atoms with van der Waals surface area (Å²) in [7, 11) is 0. The average molecular weight is 488 g/mol. The van der Waals surface area contributed by atoms with E-state index in [1.54, 1.807) is 0 Å². The van der Waals surface area contributed by atoms with E-state index in [2.05, 4.69) is 11.5 Å². The quantitative estimate of drug-likeness (QED) is 0.166. The molecule has 3 rings (SSSR count). The van der Waals surface area contributed by atoms with Crippen molar-refractivity contribution >= 4 is 0 Å². The molecule has 0 spiro atoms. The number of rotatable bonds is 6. The van der Waals surface area contributed by atoms with Gasteiger partial charge in [0.15, 0.2) is 12.6 Å². The third-order valence-electron chi connectivity index (χ3n) is 6.49. The van der Waals surface area contributed by atoms with Crippen molar-refractivity contribution in [1.29, 1.82) is 0 Å². The highest BCUT2D eigenvalue weighted by Crippen LogP contribution is 2.30. The Labute approximate surface area is 188 Å². The molecule has 194 valence electrons. The lowest BCUT2D eigenvalue weighted by molar-refractivity contribution is -0.518. The van der Waals surface area contributed by atoms with Crippen LogP contribution in [0.1, 0.15) is 6.42 Å². The molecule has 3 fully saturated rings. The van der Waals surface area contributed by atoms with Crippen LogP contribution >= 0.6 is 0 Å². The molecule has 15 nitrogen and oxygen atoms in total. The molecule has 0 amide bonds. The Morgan fingerprint density at radius 1 is 0.576 bits per heavy atom. The zero-order chi connectivity index (χ0) is 24.6. The number of aliphatic hydroxyl groups excluding tert-OH is 9. The lowest BCUT2D eigenvalue weighted by atomic mass is 9.84. The summed E-state index contributed by atoms with van der Waals surface area (Å²) in [5.74, 6) is 0. The Bertz CT molecular complexity index is 580. The van der Waals surface area contributed by atoms with Crippen molar-refractivity contribution < 1.29 is 76.4 Å². The van der Waals surface area contributed by atoms with Crippen LogP contribution in [0.3, 0.4) is 0 Å². The summed E-state index contributed by atoms with van der Waals surface area (Å²) in [5.41, 5.74) is 7.84. The average Bonchev–Trinajstić information content (AvgIpc) is 2.79. The molecule has 0 aromatic heterocycles. The standard InChI is InChI=1S/C18H34N2O13/c19-4-1-5(20)16(33-18-13(28)11(26)9(24)7(3-22)31-18)14(29)15(4)32-17-12(27)10(25)8(23)6(2-21)30-17/h4-18,21-29H,1-3,19-20H2/p+2/t4-,5+,6-,7-,8-,9-,10+,11+,12-,13-,14?,15+,16-,17-,18-/m1/s1. The van der Waals surface area contributed by atoms with Crippen molar-refractivity contribution in [2.45, 2.75) is 98.2 Å². The van der Waals surface area contributed by atoms with E-state index in [1.807, 2.05) is 0 Å². The van der Waals surface area contributed by atoms with Crippen LogP contribution in [0.5, 0.6) is 0 Å². The third-order valence-corrected chi connectivity index (χ3v) is 6.49. The normalized spacial score (nSPS) is 53.7. The highest BCUT2D eigenvalue weighted by Gasteiger charge is 2.53. The molecule has 2 aliphatic heterocycles. The molecule has 15 atom stereocenters. The van der Waals surface area contributed by atoms with Crippen LogP contribution in [0, 0.1) is 0 Å². The van der Waals surface area contributed by atoms with Gasteiger partial charge in [-0.2, -0.15) is 0 Å². The maximum Gasteiger partial charge on any atom is 0.187 e. The molecule has 0 aromatic carbocycles. The van der Waals surface area contributed by atoms with Crippen LogP contribution < -0.4 is 11.5 Å². The smallest absolute Gasteiger partial charge is 0.187 e. The maximum atomic E-state index is 11.0. The Kier molecular flexibility index (Phi) is 8.99. The fourth-order valence-electron chi connectivity index (χ4n) is 4.45. The second-order valence-electron chi connectivity index (χ2n) is 8.84. The van der Waals surface area contributed by atoms with E-state index in [0.29, 0.717) is 0 Å². The summed E-state index contributed by atoms with van der Waals surface area (Å²) >= 11 is 0. The van der Waals surface area contributed by atoms with E-state index < -0.39 is 105 Å². The molecule has 3 aliphatic rings. The van der Waals surface area contributed by atoms with Crippen molar-refractivity contribution in [2.75, 3.05) is 13.2 Å². The third kappa shape index (κ3) is 5.32. The lowest BCUT2D eigenvalue weighted by Crippen LogP contribution is -2.83. The fraction of sp³-hybridized carbons (Fsp3) is 1.00. The summed E-state index contributed by atoms with van der Waals surface area (Å²) < 4.78 is 22.0. The number of ether oxygens (including phenoxy) is 4. The number of hydrogen-bond acceptors (Lipinski definition) is 13. The van der Waals surface area contributed by atoms with Gasteiger partial charge in [0.25, 0.3) is 0 Å². The molecule has 1 unspecified atom stereocenters. The lowest BCUT2D eigenvalue weighted by Gasteiger charge is -2.46. The summed E-state index contributed by atoms with van der Waals surface area (Å²) in [6.07, 6.45) is -18.8. The second kappa shape index (κ2) is 11.0. The van der Waals surface area contributed by atoms with Gasteiger partial charge in [0.05, 0.1) is 19.6 Å². The van der Waals surface area contributed by atoms with Gasteiger partial charge >= 0.3 is 0 Å². The number of hydrogen-bond donors (Lipinski definition) is 11. The van der Waals surface area contributed by atoms with Crippen molar-refractivity contribution in [1.82, 2.24) is 0 Å². The van der Waals surface area contributed by atoms with Crippen molar-refractivity contribution in [3.8, 4) is 0 Å². The van der Waals surface area contributed by atoms with Crippen LogP contribution in [0.2, 0.25) is 0 Å². The van der Waals surface area contributed by atoms with Gasteiger partial charge in [-0.25, -0.2) is 0 Å². The molecule has 0 bridgehead atoms. The van der Waals surface area contributed by atoms with Crippen LogP contribution in [-0.2, 0) is 18.9 Å². The van der Waals surface area contributed by atoms with Gasteiger partial charge in [0, 0.05) is 0 Å². The summed E-state index contributed by atoms with van der Waals surface area (Å²) in [4.78, 5) is 0. The molecule has 0 aromatic rings. The minimum Gasteiger partial charge on any atom is -0.394 e. The zero-order valence-corrected chi connectivity index (χ0v) is 17.9. The van der Waals surface area contributed by atoms with Gasteiger partial charge in [-0.1, -0.05) is 0 Å². The van der Waals surface area contributed by atoms with Gasteiger partial charge in [-0.05, 0) is 0 Å². The van der Waals surface area contributed by atoms with E-state index in [4.69, 9.17) is 18.9 Å². The van der Waals surface area contributed by atoms with Crippen molar-refractivity contribution in [2.24, 2.45) is 0 Å². The molecule has 2 saturated heterocycles. The SMILES string of the molecule is [NH3+][C@@H]1C[C@H]([NH3+])[C@@H](O[C@H]2O[C@H](CO)[C@@H](O)[C@H](O)[C@H]2O)C(O)[C@H]1O[C@H]1O[C@H](CO)[C@@H](O)[C@H](O)[C@H]1O. The Balaban J connectivity index is 1.72. The van der Waals surface area contributed by atoms with Gasteiger partial charge in [-0.15, -0.1) is 0 Å². The van der Waals surface area contributed by atoms with Crippen LogP contribution in [0.25, 0.3) is 0 Å². The van der Waals surface area contributed by atoms with E-state index in [0.717, 1.165) is 0 Å². The maximum absolute atomic E-state index is 11.0. The molecule has 15 heteroatoms. The van der Waals surface area contributed by atoms with Crippen molar-refractivity contribution in [3.05, 3.63) is 0 Å². The largest absolute Gasteiger partial charge is 0.394 e. The Morgan fingerprint density at radius 3 is 1.27 bits per heavy atom. The van der Waals surface area contributed by atoms with Crippen LogP contribution in [0.4, 0.5) is 0 Å². The predicted octanol–water partition coefficient (Wildman–Crippen LogP) is -8.66. The first-order valence-electron chi connectivity index (χ1n) is 10.8. The zero-order valence-electron chi connectivity index (χ0n) is 17.9. The second-order valence-corrected chi connectivity index (χ2v) is 8.84. The first-order valence-corrected chi connectivity index (χ1v) is 10.8. The van der Waals surface area contributed by atoms with Crippen LogP contribution in [0.15, 0.2) is 0 Å². The van der Waals surface area contributed by atoms with E-state index in [9.17, 15) is 46.0 Å². The topological polar surface area (TPSA) is 274 Å². The molecule has 1 saturated carbocycles. The van der Waals surface area contributed by atoms with Crippen LogP contribution in [-0.4, -0.2) is 151 Å². The van der Waals surface area contributed by atoms with E-state index >= 15 is 0 Å². The van der Waals surface area contributed by atoms with E-state index in [-0.39, 0.29) is 6.42 Å². The minimum atomic E-state index is -1.69. The summed E-state index contributed by atoms with van der Waals surface area (Å²) in [5, 5.41) is 89.9. The van der Waals surface area contributed by atoms with Gasteiger partial charge in [0.2, 0.25) is 0 Å². The monoisotopic (exact) mass is 488 g/mol.